The highest BCUT2D eigenvalue weighted by molar-refractivity contribution is 5.89. The van der Waals surface area contributed by atoms with Crippen molar-refractivity contribution in [2.45, 2.75) is 51.1 Å². The van der Waals surface area contributed by atoms with Crippen molar-refractivity contribution >= 4 is 16.7 Å². The predicted octanol–water partition coefficient (Wildman–Crippen LogP) is 5.58. The zero-order valence-electron chi connectivity index (χ0n) is 20.0. The minimum absolute atomic E-state index is 0.0416. The molecule has 1 saturated heterocycles. The van der Waals surface area contributed by atoms with Crippen LogP contribution in [-0.2, 0) is 10.2 Å². The lowest BCUT2D eigenvalue weighted by molar-refractivity contribution is -0.128. The summed E-state index contributed by atoms with van der Waals surface area (Å²) in [6.07, 6.45) is 1.88. The first-order valence-corrected chi connectivity index (χ1v) is 11.9. The Balaban J connectivity index is 1.66. The van der Waals surface area contributed by atoms with Gasteiger partial charge in [0.05, 0.1) is 17.7 Å². The van der Waals surface area contributed by atoms with Gasteiger partial charge in [-0.15, -0.1) is 0 Å². The summed E-state index contributed by atoms with van der Waals surface area (Å²) in [5, 5.41) is 15.1. The molecule has 4 rings (SSSR count). The third-order valence-electron chi connectivity index (χ3n) is 7.78. The van der Waals surface area contributed by atoms with Crippen molar-refractivity contribution < 1.29 is 4.79 Å². The lowest BCUT2D eigenvalue weighted by Crippen LogP contribution is -2.52. The van der Waals surface area contributed by atoms with E-state index in [4.69, 9.17) is 0 Å². The number of likely N-dealkylation sites (tertiary alicyclic amines) is 1. The van der Waals surface area contributed by atoms with Crippen molar-refractivity contribution in [3.05, 3.63) is 83.4 Å². The van der Waals surface area contributed by atoms with E-state index in [1.807, 2.05) is 49.4 Å². The maximum absolute atomic E-state index is 13.7. The molecule has 1 aliphatic heterocycles. The first-order valence-electron chi connectivity index (χ1n) is 11.9. The quantitative estimate of drug-likeness (QED) is 0.565. The standard InChI is InChI=1S/C29H33N3O/c1-20-18-29(16-17-32(20)4,25-11-6-5-7-12-25)21(2)28(33)31-22(3)27-24(19-30)15-14-23-10-8-9-13-26(23)27/h5-15,20-22H,16-18H2,1-4H3,(H,31,33). The van der Waals surface area contributed by atoms with Crippen LogP contribution in [0.5, 0.6) is 0 Å². The van der Waals surface area contributed by atoms with Crippen LogP contribution in [0.4, 0.5) is 0 Å². The van der Waals surface area contributed by atoms with Gasteiger partial charge in [0, 0.05) is 17.4 Å². The van der Waals surface area contributed by atoms with Crippen LogP contribution >= 0.6 is 0 Å². The molecular weight excluding hydrogens is 406 g/mol. The molecule has 1 amide bonds. The van der Waals surface area contributed by atoms with Gasteiger partial charge >= 0.3 is 0 Å². The lowest BCUT2D eigenvalue weighted by atomic mass is 9.63. The summed E-state index contributed by atoms with van der Waals surface area (Å²) in [6, 6.07) is 24.8. The first-order chi connectivity index (χ1) is 15.9. The molecule has 4 heteroatoms. The second-order valence-electron chi connectivity index (χ2n) is 9.62. The monoisotopic (exact) mass is 439 g/mol. The fourth-order valence-electron chi connectivity index (χ4n) is 5.58. The molecule has 0 saturated carbocycles. The van der Waals surface area contributed by atoms with E-state index in [0.29, 0.717) is 11.6 Å². The molecule has 1 N–H and O–H groups in total. The van der Waals surface area contributed by atoms with Crippen LogP contribution < -0.4 is 5.32 Å². The molecule has 3 aromatic rings. The van der Waals surface area contributed by atoms with Gasteiger partial charge in [0.1, 0.15) is 0 Å². The molecule has 170 valence electrons. The Morgan fingerprint density at radius 2 is 1.79 bits per heavy atom. The number of nitrogens with zero attached hydrogens (tertiary/aromatic N) is 2. The van der Waals surface area contributed by atoms with Gasteiger partial charge in [-0.1, -0.05) is 67.6 Å². The molecule has 1 fully saturated rings. The zero-order chi connectivity index (χ0) is 23.6. The van der Waals surface area contributed by atoms with Crippen LogP contribution in [0.3, 0.4) is 0 Å². The van der Waals surface area contributed by atoms with Crippen molar-refractivity contribution in [1.82, 2.24) is 10.2 Å². The number of fused-ring (bicyclic) bond motifs is 1. The molecule has 4 unspecified atom stereocenters. The number of benzene rings is 3. The molecule has 1 heterocycles. The minimum Gasteiger partial charge on any atom is -0.349 e. The number of nitrogens with one attached hydrogen (secondary N) is 1. The Bertz CT molecular complexity index is 1180. The normalized spacial score (nSPS) is 22.9. The number of rotatable bonds is 5. The molecule has 4 nitrogen and oxygen atoms in total. The Hall–Kier alpha value is -3.16. The Morgan fingerprint density at radius 1 is 1.09 bits per heavy atom. The SMILES string of the molecule is CC(NC(=O)C(C)C1(c2ccccc2)CCN(C)C(C)C1)c1c(C#N)ccc2ccccc12. The summed E-state index contributed by atoms with van der Waals surface area (Å²) in [4.78, 5) is 16.1. The third kappa shape index (κ3) is 4.26. The van der Waals surface area contributed by atoms with Crippen LogP contribution in [-0.4, -0.2) is 30.4 Å². The van der Waals surface area contributed by atoms with Crippen LogP contribution in [0.15, 0.2) is 66.7 Å². The lowest BCUT2D eigenvalue weighted by Gasteiger charge is -2.48. The van der Waals surface area contributed by atoms with Crippen molar-refractivity contribution in [1.29, 1.82) is 5.26 Å². The average Bonchev–Trinajstić information content (AvgIpc) is 2.85. The summed E-state index contributed by atoms with van der Waals surface area (Å²) in [6.45, 7) is 7.27. The van der Waals surface area contributed by atoms with E-state index in [2.05, 4.69) is 61.4 Å². The van der Waals surface area contributed by atoms with Gasteiger partial charge in [-0.25, -0.2) is 0 Å². The Kier molecular flexibility index (Phi) is 6.54. The zero-order valence-corrected chi connectivity index (χ0v) is 20.0. The summed E-state index contributed by atoms with van der Waals surface area (Å²) in [5.41, 5.74) is 2.53. The van der Waals surface area contributed by atoms with Crippen molar-refractivity contribution in [2.24, 2.45) is 5.92 Å². The van der Waals surface area contributed by atoms with Crippen LogP contribution in [0.25, 0.3) is 10.8 Å². The number of hydrogen-bond donors (Lipinski definition) is 1. The van der Waals surface area contributed by atoms with Crippen LogP contribution in [0, 0.1) is 17.2 Å². The molecule has 0 aromatic heterocycles. The molecule has 0 bridgehead atoms. The smallest absolute Gasteiger partial charge is 0.224 e. The summed E-state index contributed by atoms with van der Waals surface area (Å²) < 4.78 is 0. The van der Waals surface area contributed by atoms with Gasteiger partial charge in [0.2, 0.25) is 5.91 Å². The van der Waals surface area contributed by atoms with Crippen molar-refractivity contribution in [3.63, 3.8) is 0 Å². The third-order valence-corrected chi connectivity index (χ3v) is 7.78. The molecule has 4 atom stereocenters. The van der Waals surface area contributed by atoms with Gasteiger partial charge in [0.25, 0.3) is 0 Å². The van der Waals surface area contributed by atoms with Crippen molar-refractivity contribution in [3.8, 4) is 6.07 Å². The first kappa shape index (κ1) is 23.0. The largest absolute Gasteiger partial charge is 0.349 e. The fraction of sp³-hybridized carbons (Fsp3) is 0.379. The fourth-order valence-corrected chi connectivity index (χ4v) is 5.58. The summed E-state index contributed by atoms with van der Waals surface area (Å²) in [7, 11) is 2.16. The topological polar surface area (TPSA) is 56.1 Å². The average molecular weight is 440 g/mol. The number of carbonyl (C=O) groups is 1. The molecule has 0 spiro atoms. The molecule has 0 aliphatic carbocycles. The highest BCUT2D eigenvalue weighted by atomic mass is 16.2. The minimum atomic E-state index is -0.266. The maximum atomic E-state index is 13.7. The van der Waals surface area contributed by atoms with Gasteiger partial charge in [-0.3, -0.25) is 4.79 Å². The van der Waals surface area contributed by atoms with Crippen molar-refractivity contribution in [2.75, 3.05) is 13.6 Å². The molecular formula is C29H33N3O. The van der Waals surface area contributed by atoms with Gasteiger partial charge in [-0.2, -0.15) is 5.26 Å². The molecule has 33 heavy (non-hydrogen) atoms. The Labute approximate surface area is 197 Å². The summed E-state index contributed by atoms with van der Waals surface area (Å²) in [5.74, 6) is -0.154. The number of piperidine rings is 1. The number of amides is 1. The highest BCUT2D eigenvalue weighted by Gasteiger charge is 2.45. The van der Waals surface area contributed by atoms with Gasteiger partial charge < -0.3 is 10.2 Å². The maximum Gasteiger partial charge on any atom is 0.224 e. The number of carbonyl (C=O) groups excluding carboxylic acids is 1. The second kappa shape index (κ2) is 9.37. The van der Waals surface area contributed by atoms with E-state index in [1.165, 1.54) is 5.56 Å². The Morgan fingerprint density at radius 3 is 2.48 bits per heavy atom. The van der Waals surface area contributed by atoms with Crippen LogP contribution in [0.2, 0.25) is 0 Å². The molecule has 3 aromatic carbocycles. The van der Waals surface area contributed by atoms with Gasteiger partial charge in [0.15, 0.2) is 0 Å². The highest BCUT2D eigenvalue weighted by Crippen LogP contribution is 2.44. The van der Waals surface area contributed by atoms with E-state index in [1.54, 1.807) is 0 Å². The number of nitriles is 1. The second-order valence-corrected chi connectivity index (χ2v) is 9.62. The molecule has 1 aliphatic rings. The van der Waals surface area contributed by atoms with E-state index in [0.717, 1.165) is 35.7 Å². The van der Waals surface area contributed by atoms with Gasteiger partial charge in [-0.05, 0) is 68.2 Å². The van der Waals surface area contributed by atoms with Crippen LogP contribution in [0.1, 0.15) is 56.3 Å². The predicted molar refractivity (Wildman–Crippen MR) is 134 cm³/mol. The number of hydrogen-bond acceptors (Lipinski definition) is 3. The molecule has 0 radical (unpaired) electrons. The van der Waals surface area contributed by atoms with E-state index >= 15 is 0 Å². The van der Waals surface area contributed by atoms with E-state index < -0.39 is 0 Å². The van der Waals surface area contributed by atoms with E-state index in [9.17, 15) is 10.1 Å². The van der Waals surface area contributed by atoms with E-state index in [-0.39, 0.29) is 23.3 Å². The summed E-state index contributed by atoms with van der Waals surface area (Å²) >= 11 is 0.